The van der Waals surface area contributed by atoms with Crippen LogP contribution in [-0.2, 0) is 38.4 Å². The Morgan fingerprint density at radius 1 is 1.02 bits per heavy atom. The van der Waals surface area contributed by atoms with E-state index < -0.39 is 53.6 Å². The van der Waals surface area contributed by atoms with Gasteiger partial charge in [-0.2, -0.15) is 0 Å². The number of aryl methyl sites for hydroxylation is 2. The maximum absolute atomic E-state index is 14.7. The average Bonchev–Trinajstić information content (AvgIpc) is 3.89. The number of aromatic nitrogens is 2. The lowest BCUT2D eigenvalue weighted by Crippen LogP contribution is -2.53. The molecule has 1 aromatic heterocycles. The number of carbonyl (C=O) groups excluding carboxylic acids is 4. The number of benzene rings is 2. The van der Waals surface area contributed by atoms with Crippen LogP contribution in [0.25, 0.3) is 0 Å². The number of likely N-dealkylation sites (N-methyl/N-ethyl adjacent to an activating group) is 1. The minimum absolute atomic E-state index is 0.0979. The Morgan fingerprint density at radius 2 is 1.68 bits per heavy atom. The number of halogens is 2. The zero-order valence-corrected chi connectivity index (χ0v) is 33.3. The fourth-order valence-electron chi connectivity index (χ4n) is 6.93. The number of rotatable bonds is 15. The average molecular weight is 781 g/mol. The van der Waals surface area contributed by atoms with Gasteiger partial charge in [0.2, 0.25) is 11.8 Å². The lowest BCUT2D eigenvalue weighted by atomic mass is 10.0. The molecule has 0 spiro atoms. The highest BCUT2D eigenvalue weighted by molar-refractivity contribution is 5.92. The van der Waals surface area contributed by atoms with Crippen molar-refractivity contribution in [3.05, 3.63) is 83.4 Å². The molecule has 56 heavy (non-hydrogen) atoms. The van der Waals surface area contributed by atoms with Crippen molar-refractivity contribution < 1.29 is 42.2 Å². The summed E-state index contributed by atoms with van der Waals surface area (Å²) in [4.78, 5) is 64.0. The van der Waals surface area contributed by atoms with Crippen LogP contribution in [0.1, 0.15) is 69.3 Å². The molecular formula is C41H54F2N6O7. The molecule has 2 aliphatic rings. The number of methoxy groups -OCH3 is 1. The summed E-state index contributed by atoms with van der Waals surface area (Å²) in [6, 6.07) is 10.3. The third-order valence-corrected chi connectivity index (χ3v) is 10.3. The molecule has 2 aliphatic heterocycles. The summed E-state index contributed by atoms with van der Waals surface area (Å²) in [5, 5.41) is 2.83. The van der Waals surface area contributed by atoms with E-state index in [0.29, 0.717) is 24.3 Å². The summed E-state index contributed by atoms with van der Waals surface area (Å²) >= 11 is 0. The monoisotopic (exact) mass is 780 g/mol. The molecule has 1 fully saturated rings. The molecule has 4 amide bonds. The van der Waals surface area contributed by atoms with Crippen LogP contribution in [0.4, 0.5) is 13.6 Å². The van der Waals surface area contributed by atoms with E-state index in [4.69, 9.17) is 14.2 Å². The van der Waals surface area contributed by atoms with Crippen molar-refractivity contribution in [2.45, 2.75) is 96.7 Å². The number of imidazole rings is 1. The van der Waals surface area contributed by atoms with Crippen LogP contribution in [0.2, 0.25) is 0 Å². The van der Waals surface area contributed by atoms with Crippen LogP contribution in [-0.4, -0.2) is 118 Å². The number of likely N-dealkylation sites (tertiary alicyclic amines) is 1. The Kier molecular flexibility index (Phi) is 13.7. The Balaban J connectivity index is 1.39. The molecule has 0 aliphatic carbocycles. The molecule has 5 atom stereocenters. The van der Waals surface area contributed by atoms with Crippen LogP contribution in [0, 0.1) is 17.6 Å². The molecule has 304 valence electrons. The summed E-state index contributed by atoms with van der Waals surface area (Å²) in [5.74, 6) is -1.45. The van der Waals surface area contributed by atoms with Gasteiger partial charge in [-0.15, -0.1) is 0 Å². The predicted octanol–water partition coefficient (Wildman–Crippen LogP) is 4.86. The molecule has 2 aromatic carbocycles. The standard InChI is InChI=1S/C41H54F2N6O7/c1-26(46(6)40(53)56-41(3,4)5)37(50)44-22-34(27(2)54-7)38(51)49-24-33(55-32-16-14-30(43)15-17-32)21-31(49)23-48(20-18-28-10-12-29(42)13-11-28)39(52)35-25-47-19-8-9-36(47)45-35/h10-17,25-27,31,33-34H,8-9,18-24H2,1-7H3,(H,44,50)/t26-,27+,31-,33-,34?/m0/s1. The van der Waals surface area contributed by atoms with E-state index >= 15 is 0 Å². The van der Waals surface area contributed by atoms with Crippen molar-refractivity contribution in [2.75, 3.05) is 40.3 Å². The fraction of sp³-hybridized carbons (Fsp3) is 0.537. The highest BCUT2D eigenvalue weighted by atomic mass is 19.1. The van der Waals surface area contributed by atoms with Gasteiger partial charge < -0.3 is 33.9 Å². The van der Waals surface area contributed by atoms with E-state index in [0.717, 1.165) is 30.8 Å². The molecule has 1 N–H and O–H groups in total. The second-order valence-corrected chi connectivity index (χ2v) is 15.6. The zero-order valence-electron chi connectivity index (χ0n) is 33.3. The molecule has 5 rings (SSSR count). The molecular weight excluding hydrogens is 726 g/mol. The third-order valence-electron chi connectivity index (χ3n) is 10.3. The minimum Gasteiger partial charge on any atom is -0.489 e. The molecule has 1 saturated heterocycles. The largest absolute Gasteiger partial charge is 0.489 e. The second-order valence-electron chi connectivity index (χ2n) is 15.6. The van der Waals surface area contributed by atoms with Crippen molar-refractivity contribution in [2.24, 2.45) is 5.92 Å². The first-order valence-corrected chi connectivity index (χ1v) is 19.1. The van der Waals surface area contributed by atoms with Gasteiger partial charge in [-0.25, -0.2) is 18.6 Å². The van der Waals surface area contributed by atoms with Gasteiger partial charge in [0.05, 0.1) is 24.6 Å². The number of carbonyl (C=O) groups is 4. The second kappa shape index (κ2) is 18.3. The minimum atomic E-state index is -0.906. The van der Waals surface area contributed by atoms with E-state index in [1.165, 1.54) is 55.5 Å². The first kappa shape index (κ1) is 42.1. The van der Waals surface area contributed by atoms with E-state index in [1.54, 1.807) is 62.7 Å². The van der Waals surface area contributed by atoms with Crippen molar-refractivity contribution in [1.29, 1.82) is 0 Å². The van der Waals surface area contributed by atoms with Crippen molar-refractivity contribution in [3.63, 3.8) is 0 Å². The first-order valence-electron chi connectivity index (χ1n) is 19.1. The van der Waals surface area contributed by atoms with Gasteiger partial charge >= 0.3 is 6.09 Å². The number of ether oxygens (including phenoxy) is 3. The lowest BCUT2D eigenvalue weighted by molar-refractivity contribution is -0.141. The summed E-state index contributed by atoms with van der Waals surface area (Å²) in [5.41, 5.74) is 0.398. The quantitative estimate of drug-likeness (QED) is 0.231. The predicted molar refractivity (Wildman–Crippen MR) is 204 cm³/mol. The van der Waals surface area contributed by atoms with Crippen molar-refractivity contribution in [3.8, 4) is 5.75 Å². The van der Waals surface area contributed by atoms with Crippen molar-refractivity contribution in [1.82, 2.24) is 29.6 Å². The summed E-state index contributed by atoms with van der Waals surface area (Å²) < 4.78 is 46.8. The smallest absolute Gasteiger partial charge is 0.410 e. The van der Waals surface area contributed by atoms with Crippen LogP contribution in [0.15, 0.2) is 54.7 Å². The van der Waals surface area contributed by atoms with E-state index in [-0.39, 0.29) is 43.8 Å². The summed E-state index contributed by atoms with van der Waals surface area (Å²) in [7, 11) is 2.95. The van der Waals surface area contributed by atoms with Gasteiger partial charge in [-0.05, 0) is 89.4 Å². The Labute approximate surface area is 327 Å². The molecule has 3 heterocycles. The number of nitrogens with one attached hydrogen (secondary N) is 1. The van der Waals surface area contributed by atoms with Gasteiger partial charge in [0.25, 0.3) is 5.91 Å². The first-order chi connectivity index (χ1) is 26.5. The summed E-state index contributed by atoms with van der Waals surface area (Å²) in [6.07, 6.45) is 2.49. The molecule has 1 unspecified atom stereocenters. The molecule has 0 radical (unpaired) electrons. The van der Waals surface area contributed by atoms with Crippen molar-refractivity contribution >= 4 is 23.8 Å². The topological polar surface area (TPSA) is 136 Å². The maximum Gasteiger partial charge on any atom is 0.410 e. The Hall–Kier alpha value is -5.05. The summed E-state index contributed by atoms with van der Waals surface area (Å²) in [6.45, 7) is 9.74. The SMILES string of the molecule is CO[C@H](C)C(CNC(=O)[C@H](C)N(C)C(=O)OC(C)(C)C)C(=O)N1C[C@@H](Oc2ccc(F)cc2)C[C@H]1CN(CCc1ccc(F)cc1)C(=O)c1cn2c(n1)CCC2. The fourth-order valence-corrected chi connectivity index (χ4v) is 6.93. The third kappa shape index (κ3) is 10.8. The number of nitrogens with zero attached hydrogens (tertiary/aromatic N) is 5. The molecule has 3 aromatic rings. The number of amides is 4. The molecule has 0 bridgehead atoms. The number of hydrogen-bond donors (Lipinski definition) is 1. The van der Waals surface area contributed by atoms with E-state index in [1.807, 2.05) is 4.57 Å². The maximum atomic E-state index is 14.7. The number of fused-ring (bicyclic) bond motifs is 1. The highest BCUT2D eigenvalue weighted by Gasteiger charge is 2.42. The van der Waals surface area contributed by atoms with Gasteiger partial charge in [-0.3, -0.25) is 19.3 Å². The normalized spacial score (nSPS) is 18.1. The van der Waals surface area contributed by atoms with Gasteiger partial charge in [0.15, 0.2) is 0 Å². The zero-order chi connectivity index (χ0) is 40.7. The van der Waals surface area contributed by atoms with Gasteiger partial charge in [-0.1, -0.05) is 12.1 Å². The lowest BCUT2D eigenvalue weighted by Gasteiger charge is -2.34. The number of hydrogen-bond acceptors (Lipinski definition) is 8. The van der Waals surface area contributed by atoms with Gasteiger partial charge in [0.1, 0.15) is 46.6 Å². The highest BCUT2D eigenvalue weighted by Crippen LogP contribution is 2.28. The Morgan fingerprint density at radius 3 is 2.30 bits per heavy atom. The van der Waals surface area contributed by atoms with Crippen LogP contribution < -0.4 is 10.1 Å². The van der Waals surface area contributed by atoms with Crippen LogP contribution in [0.3, 0.4) is 0 Å². The Bertz CT molecular complexity index is 1810. The van der Waals surface area contributed by atoms with Gasteiger partial charge in [0, 0.05) is 59.4 Å². The van der Waals surface area contributed by atoms with Crippen LogP contribution in [0.5, 0.6) is 5.75 Å². The van der Waals surface area contributed by atoms with Crippen LogP contribution >= 0.6 is 0 Å². The van der Waals surface area contributed by atoms with E-state index in [9.17, 15) is 28.0 Å². The van der Waals surface area contributed by atoms with E-state index in [2.05, 4.69) is 10.3 Å². The molecule has 13 nitrogen and oxygen atoms in total. The molecule has 15 heteroatoms. The molecule has 0 saturated carbocycles.